The van der Waals surface area contributed by atoms with Gasteiger partial charge in [0.25, 0.3) is 0 Å². The van der Waals surface area contributed by atoms with Crippen molar-refractivity contribution in [3.8, 4) is 11.5 Å². The molecule has 0 unspecified atom stereocenters. The smallest absolute Gasteiger partial charge is 0.231 e. The zero-order chi connectivity index (χ0) is 21.5. The van der Waals surface area contributed by atoms with E-state index in [1.807, 2.05) is 4.90 Å². The first kappa shape index (κ1) is 19.7. The Morgan fingerprint density at radius 3 is 2.65 bits per heavy atom. The van der Waals surface area contributed by atoms with Crippen LogP contribution >= 0.6 is 11.6 Å². The lowest BCUT2D eigenvalue weighted by Gasteiger charge is -2.29. The largest absolute Gasteiger partial charge is 0.478 e. The number of fused-ring (bicyclic) bond motifs is 3. The number of carbonyl (C=O) groups excluding carboxylic acids is 1. The van der Waals surface area contributed by atoms with E-state index in [-0.39, 0.29) is 27.9 Å². The van der Waals surface area contributed by atoms with Crippen LogP contribution < -0.4 is 9.47 Å². The molecule has 3 aromatic rings. The van der Waals surface area contributed by atoms with Crippen molar-refractivity contribution in [2.45, 2.75) is 13.1 Å². The predicted octanol–water partition coefficient (Wildman–Crippen LogP) is 5.59. The summed E-state index contributed by atoms with van der Waals surface area (Å²) in [5.41, 5.74) is 2.17. The van der Waals surface area contributed by atoms with E-state index in [0.29, 0.717) is 36.9 Å². The topological polar surface area (TPSA) is 38.8 Å². The molecule has 0 saturated heterocycles. The lowest BCUT2D eigenvalue weighted by atomic mass is 10.0. The monoisotopic (exact) mass is 439 g/mol. The molecule has 0 spiro atoms. The van der Waals surface area contributed by atoms with Crippen LogP contribution in [0.15, 0.2) is 60.4 Å². The maximum Gasteiger partial charge on any atom is 0.231 e. The van der Waals surface area contributed by atoms with Crippen molar-refractivity contribution in [2.24, 2.45) is 0 Å². The average molecular weight is 440 g/mol. The Kier molecular flexibility index (Phi) is 4.96. The average Bonchev–Trinajstić information content (AvgIpc) is 3.08. The normalized spacial score (nSPS) is 16.6. The van der Waals surface area contributed by atoms with E-state index in [1.165, 1.54) is 30.3 Å². The van der Waals surface area contributed by atoms with Gasteiger partial charge in [-0.3, -0.25) is 9.69 Å². The molecular formula is C24H16ClF2NO3. The highest BCUT2D eigenvalue weighted by molar-refractivity contribution is 6.32. The number of benzene rings is 3. The van der Waals surface area contributed by atoms with E-state index in [0.717, 1.165) is 11.1 Å². The minimum Gasteiger partial charge on any atom is -0.478 e. The Bertz CT molecular complexity index is 1200. The fraction of sp³-hybridized carbons (Fsp3) is 0.125. The van der Waals surface area contributed by atoms with Gasteiger partial charge in [-0.25, -0.2) is 8.78 Å². The summed E-state index contributed by atoms with van der Waals surface area (Å²) in [7, 11) is 0. The van der Waals surface area contributed by atoms with Crippen molar-refractivity contribution >= 4 is 23.5 Å². The standard InChI is InChI=1S/C24H16ClF2NO3/c25-19-2-1-3-20(27)17(19)10-22-23(29)16-8-9-21-18(24(16)31-22)12-28(13-30-21)11-14-4-6-15(26)7-5-14/h1-10H,11-13H2/b22-10-. The number of hydrogen-bond donors (Lipinski definition) is 0. The van der Waals surface area contributed by atoms with Crippen LogP contribution in [0.5, 0.6) is 11.5 Å². The Hall–Kier alpha value is -3.22. The molecule has 7 heteroatoms. The van der Waals surface area contributed by atoms with Crippen molar-refractivity contribution in [2.75, 3.05) is 6.73 Å². The van der Waals surface area contributed by atoms with Gasteiger partial charge in [-0.1, -0.05) is 29.8 Å². The van der Waals surface area contributed by atoms with Gasteiger partial charge in [0.05, 0.1) is 16.1 Å². The third-order valence-corrected chi connectivity index (χ3v) is 5.61. The third kappa shape index (κ3) is 3.69. The van der Waals surface area contributed by atoms with E-state index in [1.54, 1.807) is 30.3 Å². The first-order valence-corrected chi connectivity index (χ1v) is 10.0. The summed E-state index contributed by atoms with van der Waals surface area (Å²) in [6.45, 7) is 1.38. The Balaban J connectivity index is 1.44. The second-order valence-electron chi connectivity index (χ2n) is 7.38. The van der Waals surface area contributed by atoms with Crippen molar-refractivity contribution in [3.63, 3.8) is 0 Å². The molecule has 3 aromatic carbocycles. The fourth-order valence-electron chi connectivity index (χ4n) is 3.73. The molecule has 156 valence electrons. The molecule has 0 radical (unpaired) electrons. The summed E-state index contributed by atoms with van der Waals surface area (Å²) in [6.07, 6.45) is 1.33. The molecule has 0 bridgehead atoms. The summed E-state index contributed by atoms with van der Waals surface area (Å²) in [5.74, 6) is -0.123. The van der Waals surface area contributed by atoms with Gasteiger partial charge in [-0.05, 0) is 48.0 Å². The van der Waals surface area contributed by atoms with Crippen molar-refractivity contribution < 1.29 is 23.0 Å². The molecule has 5 rings (SSSR count). The first-order valence-electron chi connectivity index (χ1n) is 9.63. The molecule has 0 aliphatic carbocycles. The highest BCUT2D eigenvalue weighted by Crippen LogP contribution is 2.42. The summed E-state index contributed by atoms with van der Waals surface area (Å²) < 4.78 is 39.1. The molecule has 2 heterocycles. The number of Topliss-reactive ketones (excluding diaryl/α,β-unsaturated/α-hetero) is 1. The quantitative estimate of drug-likeness (QED) is 0.499. The highest BCUT2D eigenvalue weighted by Gasteiger charge is 2.34. The van der Waals surface area contributed by atoms with Crippen LogP contribution in [0.2, 0.25) is 5.02 Å². The van der Waals surface area contributed by atoms with Crippen LogP contribution in [0.3, 0.4) is 0 Å². The van der Waals surface area contributed by atoms with Crippen LogP contribution in [0.25, 0.3) is 6.08 Å². The molecule has 4 nitrogen and oxygen atoms in total. The van der Waals surface area contributed by atoms with Crippen LogP contribution in [0, 0.1) is 11.6 Å². The molecular weight excluding hydrogens is 424 g/mol. The van der Waals surface area contributed by atoms with Gasteiger partial charge in [0, 0.05) is 18.7 Å². The first-order chi connectivity index (χ1) is 15.0. The number of ketones is 1. The van der Waals surface area contributed by atoms with Crippen LogP contribution in [0.4, 0.5) is 8.78 Å². The fourth-order valence-corrected chi connectivity index (χ4v) is 3.95. The second-order valence-corrected chi connectivity index (χ2v) is 7.79. The molecule has 0 amide bonds. The lowest BCUT2D eigenvalue weighted by Crippen LogP contribution is -2.31. The van der Waals surface area contributed by atoms with Gasteiger partial charge in [-0.2, -0.15) is 0 Å². The Morgan fingerprint density at radius 2 is 1.87 bits per heavy atom. The predicted molar refractivity (Wildman–Crippen MR) is 112 cm³/mol. The number of hydrogen-bond acceptors (Lipinski definition) is 4. The van der Waals surface area contributed by atoms with Crippen molar-refractivity contribution in [3.05, 3.63) is 99.3 Å². The van der Waals surface area contributed by atoms with Crippen molar-refractivity contribution in [1.82, 2.24) is 4.90 Å². The maximum absolute atomic E-state index is 14.2. The number of halogens is 3. The lowest BCUT2D eigenvalue weighted by molar-refractivity contribution is 0.0872. The van der Waals surface area contributed by atoms with Gasteiger partial charge >= 0.3 is 0 Å². The molecule has 0 saturated carbocycles. The van der Waals surface area contributed by atoms with Gasteiger partial charge in [0.15, 0.2) is 5.76 Å². The molecule has 0 N–H and O–H groups in total. The third-order valence-electron chi connectivity index (χ3n) is 5.28. The van der Waals surface area contributed by atoms with Gasteiger partial charge in [0.1, 0.15) is 29.9 Å². The Labute approximate surface area is 182 Å². The van der Waals surface area contributed by atoms with E-state index in [4.69, 9.17) is 21.1 Å². The van der Waals surface area contributed by atoms with Crippen LogP contribution in [-0.4, -0.2) is 17.4 Å². The van der Waals surface area contributed by atoms with Crippen molar-refractivity contribution in [1.29, 1.82) is 0 Å². The highest BCUT2D eigenvalue weighted by atomic mass is 35.5. The van der Waals surface area contributed by atoms with Gasteiger partial charge in [-0.15, -0.1) is 0 Å². The number of ether oxygens (including phenoxy) is 2. The minimum atomic E-state index is -0.539. The maximum atomic E-state index is 14.2. The summed E-state index contributed by atoms with van der Waals surface area (Å²) >= 11 is 6.09. The molecule has 0 fully saturated rings. The summed E-state index contributed by atoms with van der Waals surface area (Å²) in [5, 5.41) is 0.190. The zero-order valence-corrected chi connectivity index (χ0v) is 17.0. The summed E-state index contributed by atoms with van der Waals surface area (Å²) in [6, 6.07) is 14.0. The van der Waals surface area contributed by atoms with E-state index >= 15 is 0 Å². The summed E-state index contributed by atoms with van der Waals surface area (Å²) in [4.78, 5) is 14.9. The van der Waals surface area contributed by atoms with Gasteiger partial charge in [0.2, 0.25) is 5.78 Å². The number of carbonyl (C=O) groups is 1. The van der Waals surface area contributed by atoms with Gasteiger partial charge < -0.3 is 9.47 Å². The molecule has 0 atom stereocenters. The molecule has 2 aliphatic heterocycles. The van der Waals surface area contributed by atoms with E-state index < -0.39 is 5.82 Å². The Morgan fingerprint density at radius 1 is 1.06 bits per heavy atom. The van der Waals surface area contributed by atoms with Crippen LogP contribution in [-0.2, 0) is 13.1 Å². The second kappa shape index (κ2) is 7.80. The van der Waals surface area contributed by atoms with E-state index in [2.05, 4.69) is 0 Å². The number of rotatable bonds is 3. The van der Waals surface area contributed by atoms with Crippen LogP contribution in [0.1, 0.15) is 27.0 Å². The minimum absolute atomic E-state index is 0.00561. The number of allylic oxidation sites excluding steroid dienone is 1. The molecule has 31 heavy (non-hydrogen) atoms. The van der Waals surface area contributed by atoms with E-state index in [9.17, 15) is 13.6 Å². The molecule has 2 aliphatic rings. The molecule has 0 aromatic heterocycles. The number of nitrogens with zero attached hydrogens (tertiary/aromatic N) is 1. The zero-order valence-electron chi connectivity index (χ0n) is 16.2. The SMILES string of the molecule is O=C1/C(=C/c2c(F)cccc2Cl)Oc2c1ccc1c2CN(Cc2ccc(F)cc2)CO1.